The lowest BCUT2D eigenvalue weighted by Crippen LogP contribution is -2.62. The first-order valence-electron chi connectivity index (χ1n) is 41.2. The summed E-state index contributed by atoms with van der Waals surface area (Å²) in [6, 6.07) is -2.15. The molecule has 0 radical (unpaired) electrons. The third-order valence-electron chi connectivity index (χ3n) is 25.9. The van der Waals surface area contributed by atoms with Gasteiger partial charge in [0.1, 0.15) is 35.9 Å². The number of amides is 2. The smallest absolute Gasteiger partial charge is 0.329 e. The van der Waals surface area contributed by atoms with E-state index >= 15 is 0 Å². The number of cyclic esters (lactones) is 2. The van der Waals surface area contributed by atoms with Gasteiger partial charge in [-0.1, -0.05) is 119 Å². The zero-order valence-corrected chi connectivity index (χ0v) is 69.3. The molecule has 0 aromatic carbocycles. The van der Waals surface area contributed by atoms with Crippen LogP contribution in [-0.2, 0) is 66.8 Å². The number of carbonyl (C=O) groups excluding carboxylic acids is 8. The molecule has 22 heteroatoms. The molecule has 2 saturated carbocycles. The molecule has 4 saturated heterocycles. The number of halogens is 1. The number of methoxy groups -OCH3 is 2. The van der Waals surface area contributed by atoms with Crippen LogP contribution in [0.4, 0.5) is 0 Å². The molecule has 0 spiro atoms. The van der Waals surface area contributed by atoms with Crippen LogP contribution in [0.15, 0.2) is 46.6 Å². The summed E-state index contributed by atoms with van der Waals surface area (Å²) in [6.07, 6.45) is 14.0. The molecule has 28 atom stereocenters. The Morgan fingerprint density at radius 3 is 1.26 bits per heavy atom. The average molecular weight is 1540 g/mol. The average Bonchev–Trinajstić information content (AvgIpc) is 0.786. The van der Waals surface area contributed by atoms with Crippen molar-refractivity contribution in [2.45, 2.75) is 336 Å². The van der Waals surface area contributed by atoms with E-state index in [1.807, 2.05) is 73.6 Å². The van der Waals surface area contributed by atoms with Crippen LogP contribution < -0.4 is 0 Å². The molecule has 2 aliphatic carbocycles. The molecule has 0 unspecified atom stereocenters. The van der Waals surface area contributed by atoms with Gasteiger partial charge < -0.3 is 63.8 Å². The molecule has 0 aromatic rings. The molecule has 8 rings (SSSR count). The third-order valence-corrected chi connectivity index (χ3v) is 26.4. The van der Waals surface area contributed by atoms with Crippen LogP contribution in [0, 0.1) is 82.9 Å². The molecule has 8 aliphatic rings. The number of rotatable bonds is 8. The van der Waals surface area contributed by atoms with E-state index in [4.69, 9.17) is 40.0 Å². The topological polar surface area (TPSA) is 300 Å². The number of ketones is 4. The number of Topliss-reactive ketones (excluding diaryl/α,β-unsaturated/α-hetero) is 4. The first-order chi connectivity index (χ1) is 50.8. The lowest BCUT2D eigenvalue weighted by molar-refractivity contribution is -0.282. The van der Waals surface area contributed by atoms with E-state index in [-0.39, 0.29) is 127 Å². The van der Waals surface area contributed by atoms with Crippen molar-refractivity contribution in [3.05, 3.63) is 46.6 Å². The molecular formula is C86H137ClN2O19. The van der Waals surface area contributed by atoms with Gasteiger partial charge in [0, 0.05) is 75.7 Å². The van der Waals surface area contributed by atoms with Gasteiger partial charge in [-0.2, -0.15) is 0 Å². The first-order valence-corrected chi connectivity index (χ1v) is 41.7. The number of allylic oxidation sites excluding steroid dienone is 6. The van der Waals surface area contributed by atoms with E-state index in [2.05, 4.69) is 33.8 Å². The van der Waals surface area contributed by atoms with Gasteiger partial charge in [-0.3, -0.25) is 28.8 Å². The fourth-order valence-electron chi connectivity index (χ4n) is 19.5. The number of hydrogen-bond donors (Lipinski definition) is 5. The fraction of sp³-hybridized carbons (Fsp3) is 0.814. The Kier molecular flexibility index (Phi) is 33.9. The minimum atomic E-state index is -2.34. The summed E-state index contributed by atoms with van der Waals surface area (Å²) in [6.45, 7) is 31.5. The summed E-state index contributed by atoms with van der Waals surface area (Å²) in [5.74, 6) is -13.1. The monoisotopic (exact) mass is 1540 g/mol. The van der Waals surface area contributed by atoms with Crippen molar-refractivity contribution in [2.24, 2.45) is 82.9 Å². The van der Waals surface area contributed by atoms with Gasteiger partial charge in [-0.15, -0.1) is 11.6 Å². The van der Waals surface area contributed by atoms with Crippen molar-refractivity contribution >= 4 is 58.5 Å². The largest absolute Gasteiger partial charge is 0.456 e. The molecule has 612 valence electrons. The second-order valence-electron chi connectivity index (χ2n) is 35.1. The Hall–Kier alpha value is -4.55. The number of alkyl halides is 1. The second-order valence-corrected chi connectivity index (χ2v) is 35.6. The zero-order valence-electron chi connectivity index (χ0n) is 68.5. The number of esters is 2. The Morgan fingerprint density at radius 2 is 0.880 bits per heavy atom. The number of aliphatic hydroxyl groups is 5. The van der Waals surface area contributed by atoms with E-state index in [1.165, 1.54) is 9.80 Å². The van der Waals surface area contributed by atoms with Crippen LogP contribution in [-0.4, -0.2) is 193 Å². The Morgan fingerprint density at radius 1 is 0.509 bits per heavy atom. The first kappa shape index (κ1) is 90.6. The Balaban J connectivity index is 0.000000301. The van der Waals surface area contributed by atoms with Crippen LogP contribution in [0.25, 0.3) is 0 Å². The predicted octanol–water partition coefficient (Wildman–Crippen LogP) is 12.7. The quantitative estimate of drug-likeness (QED) is 0.0653. The van der Waals surface area contributed by atoms with Crippen molar-refractivity contribution in [1.29, 1.82) is 0 Å². The molecule has 2 amide bonds. The number of fused-ring (bicyclic) bond motifs is 6. The summed E-state index contributed by atoms with van der Waals surface area (Å²) in [5, 5.41) is 57.4. The van der Waals surface area contributed by atoms with Crippen molar-refractivity contribution in [2.75, 3.05) is 27.3 Å². The fourth-order valence-corrected chi connectivity index (χ4v) is 19.9. The van der Waals surface area contributed by atoms with Crippen molar-refractivity contribution in [3.8, 4) is 0 Å². The molecule has 108 heavy (non-hydrogen) atoms. The number of ether oxygens (including phenoxy) is 6. The van der Waals surface area contributed by atoms with Crippen molar-refractivity contribution < 1.29 is 92.3 Å². The van der Waals surface area contributed by atoms with Gasteiger partial charge in [0.25, 0.3) is 23.4 Å². The van der Waals surface area contributed by atoms with Gasteiger partial charge in [0.15, 0.2) is 0 Å². The highest BCUT2D eigenvalue weighted by Crippen LogP contribution is 2.45. The summed E-state index contributed by atoms with van der Waals surface area (Å²) in [7, 11) is 3.22. The summed E-state index contributed by atoms with van der Waals surface area (Å²) < 4.78 is 36.4. The summed E-state index contributed by atoms with van der Waals surface area (Å²) in [4.78, 5) is 115. The molecule has 21 nitrogen and oxygen atoms in total. The van der Waals surface area contributed by atoms with Crippen LogP contribution in [0.1, 0.15) is 252 Å². The van der Waals surface area contributed by atoms with Gasteiger partial charge in [-0.25, -0.2) is 9.59 Å². The van der Waals surface area contributed by atoms with Crippen molar-refractivity contribution in [3.63, 3.8) is 0 Å². The highest BCUT2D eigenvalue weighted by atomic mass is 35.5. The number of hydrogen-bond acceptors (Lipinski definition) is 19. The zero-order chi connectivity index (χ0) is 80.1. The third kappa shape index (κ3) is 22.5. The number of piperidine rings is 2. The number of nitrogens with zero attached hydrogens (tertiary/aromatic N) is 2. The van der Waals surface area contributed by atoms with Crippen LogP contribution in [0.2, 0.25) is 0 Å². The van der Waals surface area contributed by atoms with Gasteiger partial charge in [0.2, 0.25) is 11.6 Å². The normalized spacial score (nSPS) is 42.7. The standard InChI is InChI=1S/C43H68ClNO9.C43H69NO10/c1-10-32-19-25(3)17-24(2)18-26(4)38-27(5)20-29(7)43(51,54-38)40(48)41(49)45-16-12-11-13-34(45)42(50)53-39(30(8)35(46)23-36(32)47)28(6)21-31-14-15-33(44)37(22-31)52-9;1-10-32-19-25(3)17-24(2)18-26(4)38-27(5)20-29(7)43(51,54-38)40(48)41(49)44-16-12-11-13-33(44)42(50)53-39(30(8)35(46)23-36(32)47)28(6)21-31-14-15-34(45)37(22-31)52-9/h19,21,24,26-27,29-35,37-39,46,51H,10-18,20,22-23H2,1-9H3;19,21,24,26-27,29-35,37-39,45-46,51H,10-18,20,22-23H2,1-9H3/b2*25-19+,28-21+/t24-,26-,27-,29+,30+,31-,32+,33-,34-,35-,37+,38+,39+,43+;24-,26-,27-,29+,30+,31-,32+,33-,34+,35-,37+,38+,39+,43+/m00/s1. The Bertz CT molecular complexity index is 3000. The molecule has 6 heterocycles. The van der Waals surface area contributed by atoms with E-state index in [9.17, 15) is 63.9 Å². The van der Waals surface area contributed by atoms with Crippen LogP contribution >= 0.6 is 11.6 Å². The van der Waals surface area contributed by atoms with Crippen LogP contribution in [0.5, 0.6) is 0 Å². The maximum absolute atomic E-state index is 14.2. The predicted molar refractivity (Wildman–Crippen MR) is 413 cm³/mol. The lowest BCUT2D eigenvalue weighted by atomic mass is 9.76. The molecule has 4 bridgehead atoms. The van der Waals surface area contributed by atoms with Gasteiger partial charge in [0.05, 0.1) is 48.1 Å². The van der Waals surface area contributed by atoms with E-state index in [1.54, 1.807) is 41.9 Å². The van der Waals surface area contributed by atoms with E-state index < -0.39 is 125 Å². The number of aliphatic hydroxyl groups excluding tert-OH is 3. The SMILES string of the molecule is CC[C@@H]1/C=C(\C)C[C@H](C)C[C@H](C)[C@H]2O[C@@](O)(C(=O)C(=O)N3CCCC[C@H]3C(=O)O[C@H](/C(C)=C/[C@@H]3CC[C@@H](O)[C@H](OC)C3)[C@H](C)[C@@H](O)CC1=O)[C@H](C)C[C@@H]2C.CC[C@@H]1/C=C(\C)C[C@H](C)C[C@H](C)[C@H]2O[C@@](O)(C(=O)C(=O)N3CCCC[C@H]3C(=O)O[C@H](/C(C)=C/[C@@H]3CC[C@H](Cl)[C@H](OC)C3)[C@H](C)[C@@H](O)CC1=O)[C@H](C)C[C@@H]2C. The molecule has 6 aliphatic heterocycles. The molecule has 6 fully saturated rings. The lowest BCUT2D eigenvalue weighted by Gasteiger charge is -2.46. The highest BCUT2D eigenvalue weighted by molar-refractivity contribution is 6.39. The van der Waals surface area contributed by atoms with Crippen LogP contribution in [0.3, 0.4) is 0 Å². The molecule has 5 N–H and O–H groups in total. The summed E-state index contributed by atoms with van der Waals surface area (Å²) in [5.41, 5.74) is 3.56. The van der Waals surface area contributed by atoms with Crippen molar-refractivity contribution in [1.82, 2.24) is 9.80 Å². The Labute approximate surface area is 650 Å². The van der Waals surface area contributed by atoms with E-state index in [0.717, 1.165) is 55.2 Å². The highest BCUT2D eigenvalue weighted by Gasteiger charge is 2.57. The van der Waals surface area contributed by atoms with Gasteiger partial charge >= 0.3 is 11.9 Å². The number of carbonyl (C=O) groups is 8. The minimum absolute atomic E-state index is 0.0195. The van der Waals surface area contributed by atoms with Gasteiger partial charge in [-0.05, 0) is 215 Å². The maximum Gasteiger partial charge on any atom is 0.329 e. The van der Waals surface area contributed by atoms with E-state index in [0.29, 0.717) is 82.6 Å². The summed E-state index contributed by atoms with van der Waals surface area (Å²) >= 11 is 6.52. The minimum Gasteiger partial charge on any atom is -0.456 e. The molecule has 0 aromatic heterocycles. The molecular weight excluding hydrogens is 1400 g/mol. The second kappa shape index (κ2) is 40.5. The maximum atomic E-state index is 14.2.